The third kappa shape index (κ3) is 2.73. The summed E-state index contributed by atoms with van der Waals surface area (Å²) in [6.45, 7) is 0.799. The van der Waals surface area contributed by atoms with Crippen LogP contribution in [0, 0.1) is 0 Å². The summed E-state index contributed by atoms with van der Waals surface area (Å²) in [5.74, 6) is 1.27. The van der Waals surface area contributed by atoms with Crippen molar-refractivity contribution in [2.45, 2.75) is 6.54 Å². The number of nitrogens with one attached hydrogen (secondary N) is 1. The molecule has 0 atom stereocenters. The fourth-order valence-corrected chi connectivity index (χ4v) is 1.94. The number of hydrogen-bond acceptors (Lipinski definition) is 5. The van der Waals surface area contributed by atoms with Gasteiger partial charge in [0.25, 0.3) is 0 Å². The minimum absolute atomic E-state index is 0.514. The lowest BCUT2D eigenvalue weighted by Gasteiger charge is -2.07. The van der Waals surface area contributed by atoms with Crippen LogP contribution in [0.15, 0.2) is 48.8 Å². The van der Waals surface area contributed by atoms with Crippen LogP contribution in [0.1, 0.15) is 5.56 Å². The van der Waals surface area contributed by atoms with Gasteiger partial charge in [0.15, 0.2) is 5.65 Å². The average molecular weight is 266 g/mol. The first-order valence-electron chi connectivity index (χ1n) is 6.34. The topological polar surface area (TPSA) is 59.9 Å². The highest BCUT2D eigenvalue weighted by Gasteiger charge is 2.03. The van der Waals surface area contributed by atoms with Crippen molar-refractivity contribution in [2.75, 3.05) is 7.05 Å². The van der Waals surface area contributed by atoms with Gasteiger partial charge in [0.2, 0.25) is 5.88 Å². The predicted molar refractivity (Wildman–Crippen MR) is 76.6 cm³/mol. The van der Waals surface area contributed by atoms with Crippen molar-refractivity contribution in [3.8, 4) is 11.6 Å². The zero-order chi connectivity index (χ0) is 13.8. The minimum Gasteiger partial charge on any atom is -0.439 e. The van der Waals surface area contributed by atoms with Crippen molar-refractivity contribution >= 4 is 11.2 Å². The van der Waals surface area contributed by atoms with Crippen LogP contribution >= 0.6 is 0 Å². The molecular weight excluding hydrogens is 252 g/mol. The van der Waals surface area contributed by atoms with E-state index in [9.17, 15) is 0 Å². The van der Waals surface area contributed by atoms with Gasteiger partial charge in [-0.25, -0.2) is 4.98 Å². The SMILES string of the molecule is CNCc1cccc(Oc2ccc3nccnc3n2)c1. The second kappa shape index (κ2) is 5.63. The Balaban J connectivity index is 1.87. The molecule has 5 nitrogen and oxygen atoms in total. The van der Waals surface area contributed by atoms with E-state index in [1.54, 1.807) is 18.5 Å². The molecule has 0 aliphatic heterocycles. The molecule has 3 rings (SSSR count). The summed E-state index contributed by atoms with van der Waals surface area (Å²) < 4.78 is 5.77. The number of hydrogen-bond donors (Lipinski definition) is 1. The van der Waals surface area contributed by atoms with Crippen LogP contribution in [0.25, 0.3) is 11.2 Å². The van der Waals surface area contributed by atoms with Crippen LogP contribution in [0.5, 0.6) is 11.6 Å². The molecule has 0 fully saturated rings. The van der Waals surface area contributed by atoms with Gasteiger partial charge in [0.1, 0.15) is 11.3 Å². The van der Waals surface area contributed by atoms with Gasteiger partial charge in [-0.1, -0.05) is 12.1 Å². The van der Waals surface area contributed by atoms with Crippen LogP contribution in [0.2, 0.25) is 0 Å². The first-order chi connectivity index (χ1) is 9.85. The van der Waals surface area contributed by atoms with Crippen molar-refractivity contribution in [1.29, 1.82) is 0 Å². The molecule has 20 heavy (non-hydrogen) atoms. The molecule has 2 heterocycles. The van der Waals surface area contributed by atoms with E-state index in [0.717, 1.165) is 23.4 Å². The van der Waals surface area contributed by atoms with Crippen molar-refractivity contribution in [3.63, 3.8) is 0 Å². The van der Waals surface area contributed by atoms with Gasteiger partial charge < -0.3 is 10.1 Å². The first-order valence-corrected chi connectivity index (χ1v) is 6.34. The summed E-state index contributed by atoms with van der Waals surface area (Å²) in [4.78, 5) is 12.7. The lowest BCUT2D eigenvalue weighted by atomic mass is 10.2. The van der Waals surface area contributed by atoms with Crippen molar-refractivity contribution in [1.82, 2.24) is 20.3 Å². The molecule has 0 saturated carbocycles. The van der Waals surface area contributed by atoms with E-state index in [1.165, 1.54) is 0 Å². The second-order valence-corrected chi connectivity index (χ2v) is 4.33. The molecule has 0 radical (unpaired) electrons. The van der Waals surface area contributed by atoms with Crippen LogP contribution in [0.4, 0.5) is 0 Å². The molecule has 3 aromatic rings. The van der Waals surface area contributed by atoms with E-state index in [4.69, 9.17) is 4.74 Å². The van der Waals surface area contributed by atoms with Crippen LogP contribution < -0.4 is 10.1 Å². The Hall–Kier alpha value is -2.53. The van der Waals surface area contributed by atoms with Crippen LogP contribution in [-0.2, 0) is 6.54 Å². The van der Waals surface area contributed by atoms with Crippen molar-refractivity contribution in [2.24, 2.45) is 0 Å². The summed E-state index contributed by atoms with van der Waals surface area (Å²) in [5.41, 5.74) is 2.49. The Morgan fingerprint density at radius 1 is 1.10 bits per heavy atom. The van der Waals surface area contributed by atoms with Gasteiger partial charge in [-0.3, -0.25) is 4.98 Å². The monoisotopic (exact) mass is 266 g/mol. The highest BCUT2D eigenvalue weighted by molar-refractivity contribution is 5.69. The number of pyridine rings is 1. The van der Waals surface area contributed by atoms with Gasteiger partial charge >= 0.3 is 0 Å². The predicted octanol–water partition coefficient (Wildman–Crippen LogP) is 2.54. The molecule has 0 spiro atoms. The van der Waals surface area contributed by atoms with E-state index >= 15 is 0 Å². The highest BCUT2D eigenvalue weighted by Crippen LogP contribution is 2.21. The molecule has 1 N–H and O–H groups in total. The van der Waals surface area contributed by atoms with E-state index in [1.807, 2.05) is 37.4 Å². The van der Waals surface area contributed by atoms with Gasteiger partial charge in [-0.2, -0.15) is 4.98 Å². The third-order valence-corrected chi connectivity index (χ3v) is 2.81. The molecule has 0 amide bonds. The largest absolute Gasteiger partial charge is 0.439 e. The van der Waals surface area contributed by atoms with Gasteiger partial charge in [0, 0.05) is 25.0 Å². The van der Waals surface area contributed by atoms with Crippen LogP contribution in [-0.4, -0.2) is 22.0 Å². The third-order valence-electron chi connectivity index (χ3n) is 2.81. The van der Waals surface area contributed by atoms with Gasteiger partial charge in [-0.05, 0) is 30.8 Å². The maximum Gasteiger partial charge on any atom is 0.221 e. The summed E-state index contributed by atoms with van der Waals surface area (Å²) in [5, 5.41) is 3.11. The quantitative estimate of drug-likeness (QED) is 0.786. The standard InChI is InChI=1S/C15H14N4O/c1-16-10-11-3-2-4-12(9-11)20-14-6-5-13-15(19-14)18-8-7-17-13/h2-9,16H,10H2,1H3. The number of nitrogens with zero attached hydrogens (tertiary/aromatic N) is 3. The Morgan fingerprint density at radius 3 is 2.90 bits per heavy atom. The molecule has 2 aromatic heterocycles. The highest BCUT2D eigenvalue weighted by atomic mass is 16.5. The zero-order valence-electron chi connectivity index (χ0n) is 11.1. The molecule has 0 aliphatic rings. The fourth-order valence-electron chi connectivity index (χ4n) is 1.94. The molecule has 1 aromatic carbocycles. The lowest BCUT2D eigenvalue weighted by Crippen LogP contribution is -2.04. The maximum atomic E-state index is 5.77. The Bertz CT molecular complexity index is 730. The fraction of sp³-hybridized carbons (Fsp3) is 0.133. The zero-order valence-corrected chi connectivity index (χ0v) is 11.1. The van der Waals surface area contributed by atoms with Gasteiger partial charge in [0.05, 0.1) is 0 Å². The number of rotatable bonds is 4. The number of fused-ring (bicyclic) bond motifs is 1. The first kappa shape index (κ1) is 12.5. The van der Waals surface area contributed by atoms with Crippen LogP contribution in [0.3, 0.4) is 0 Å². The molecule has 100 valence electrons. The second-order valence-electron chi connectivity index (χ2n) is 4.33. The molecular formula is C15H14N4O. The summed E-state index contributed by atoms with van der Waals surface area (Å²) in [6.07, 6.45) is 3.26. The Morgan fingerprint density at radius 2 is 2.00 bits per heavy atom. The molecule has 0 unspecified atom stereocenters. The molecule has 0 saturated heterocycles. The Kier molecular flexibility index (Phi) is 3.52. The lowest BCUT2D eigenvalue weighted by molar-refractivity contribution is 0.464. The van der Waals surface area contributed by atoms with E-state index in [0.29, 0.717) is 11.5 Å². The summed E-state index contributed by atoms with van der Waals surface area (Å²) in [7, 11) is 1.91. The number of benzene rings is 1. The van der Waals surface area contributed by atoms with Crippen molar-refractivity contribution in [3.05, 3.63) is 54.4 Å². The Labute approximate surface area is 116 Å². The average Bonchev–Trinajstić information content (AvgIpc) is 2.48. The maximum absolute atomic E-state index is 5.77. The van der Waals surface area contributed by atoms with E-state index in [2.05, 4.69) is 20.3 Å². The van der Waals surface area contributed by atoms with Gasteiger partial charge in [-0.15, -0.1) is 0 Å². The number of aromatic nitrogens is 3. The normalized spacial score (nSPS) is 10.7. The van der Waals surface area contributed by atoms with Crippen molar-refractivity contribution < 1.29 is 4.74 Å². The van der Waals surface area contributed by atoms with E-state index in [-0.39, 0.29) is 0 Å². The molecule has 0 bridgehead atoms. The number of ether oxygens (including phenoxy) is 1. The molecule has 5 heteroatoms. The minimum atomic E-state index is 0.514. The van der Waals surface area contributed by atoms with E-state index < -0.39 is 0 Å². The summed E-state index contributed by atoms with van der Waals surface area (Å²) >= 11 is 0. The smallest absolute Gasteiger partial charge is 0.221 e. The molecule has 0 aliphatic carbocycles. The summed E-state index contributed by atoms with van der Waals surface area (Å²) in [6, 6.07) is 11.5.